The standard InChI is InChI=1S/C24H23N7O2/c1-17(32)20-4-2-3-18(13-20)16-26-28-22-15-24(30-9-11-33-12-10-30)31-23(27-22)14-21(29-31)19-5-7-25-8-6-19/h2-8,13-16H,9-12H2,1H3,(H,27,28). The molecule has 33 heavy (non-hydrogen) atoms. The topological polar surface area (TPSA) is 97.0 Å². The number of carbonyl (C=O) groups is 1. The fourth-order valence-corrected chi connectivity index (χ4v) is 3.71. The van der Waals surface area contributed by atoms with E-state index in [-0.39, 0.29) is 5.78 Å². The largest absolute Gasteiger partial charge is 0.378 e. The number of hydrazone groups is 1. The highest BCUT2D eigenvalue weighted by molar-refractivity contribution is 5.96. The van der Waals surface area contributed by atoms with Crippen molar-refractivity contribution in [2.24, 2.45) is 5.10 Å². The SMILES string of the molecule is CC(=O)c1cccc(C=NNc2cc(N3CCOCC3)n3nc(-c4ccncc4)cc3n2)c1. The summed E-state index contributed by atoms with van der Waals surface area (Å²) in [7, 11) is 0. The summed E-state index contributed by atoms with van der Waals surface area (Å²) in [6.07, 6.45) is 5.17. The van der Waals surface area contributed by atoms with Crippen molar-refractivity contribution in [3.05, 3.63) is 72.1 Å². The Morgan fingerprint density at radius 2 is 1.94 bits per heavy atom. The van der Waals surface area contributed by atoms with Gasteiger partial charge < -0.3 is 9.64 Å². The van der Waals surface area contributed by atoms with Crippen LogP contribution in [0.25, 0.3) is 16.9 Å². The van der Waals surface area contributed by atoms with Crippen LogP contribution in [0, 0.1) is 0 Å². The number of benzene rings is 1. The van der Waals surface area contributed by atoms with Gasteiger partial charge in [-0.2, -0.15) is 14.7 Å². The van der Waals surface area contributed by atoms with Gasteiger partial charge in [0.1, 0.15) is 5.82 Å². The molecule has 0 unspecified atom stereocenters. The van der Waals surface area contributed by atoms with Gasteiger partial charge in [0.25, 0.3) is 0 Å². The molecule has 9 heteroatoms. The van der Waals surface area contributed by atoms with E-state index in [9.17, 15) is 4.79 Å². The number of rotatable bonds is 6. The Balaban J connectivity index is 1.48. The molecular formula is C24H23N7O2. The quantitative estimate of drug-likeness (QED) is 0.279. The molecule has 1 N–H and O–H groups in total. The molecular weight excluding hydrogens is 418 g/mol. The molecule has 3 aromatic heterocycles. The second-order valence-corrected chi connectivity index (χ2v) is 7.69. The van der Waals surface area contributed by atoms with E-state index in [4.69, 9.17) is 14.8 Å². The van der Waals surface area contributed by atoms with Gasteiger partial charge in [-0.05, 0) is 30.7 Å². The first kappa shape index (κ1) is 20.8. The van der Waals surface area contributed by atoms with E-state index < -0.39 is 0 Å². The Kier molecular flexibility index (Phi) is 5.77. The molecule has 0 aliphatic carbocycles. The highest BCUT2D eigenvalue weighted by atomic mass is 16.5. The van der Waals surface area contributed by atoms with Crippen LogP contribution in [-0.4, -0.2) is 57.9 Å². The Morgan fingerprint density at radius 3 is 2.73 bits per heavy atom. The van der Waals surface area contributed by atoms with Gasteiger partial charge in [0.2, 0.25) is 0 Å². The van der Waals surface area contributed by atoms with Gasteiger partial charge in [-0.15, -0.1) is 0 Å². The zero-order valence-electron chi connectivity index (χ0n) is 18.2. The van der Waals surface area contributed by atoms with Crippen molar-refractivity contribution in [3.8, 4) is 11.3 Å². The third-order valence-electron chi connectivity index (χ3n) is 5.41. The lowest BCUT2D eigenvalue weighted by Gasteiger charge is -2.29. The lowest BCUT2D eigenvalue weighted by molar-refractivity contribution is 0.101. The molecule has 1 fully saturated rings. The highest BCUT2D eigenvalue weighted by Gasteiger charge is 2.18. The molecule has 1 aliphatic heterocycles. The minimum Gasteiger partial charge on any atom is -0.378 e. The lowest BCUT2D eigenvalue weighted by Crippen LogP contribution is -2.37. The normalized spacial score (nSPS) is 14.2. The number of hydrogen-bond donors (Lipinski definition) is 1. The molecule has 166 valence electrons. The highest BCUT2D eigenvalue weighted by Crippen LogP contribution is 2.25. The summed E-state index contributed by atoms with van der Waals surface area (Å²) in [6, 6.07) is 15.1. The number of aromatic nitrogens is 4. The van der Waals surface area contributed by atoms with Crippen molar-refractivity contribution in [2.75, 3.05) is 36.6 Å². The fourth-order valence-electron chi connectivity index (χ4n) is 3.71. The van der Waals surface area contributed by atoms with Crippen LogP contribution in [-0.2, 0) is 4.74 Å². The predicted octanol–water partition coefficient (Wildman–Crippen LogP) is 3.28. The monoisotopic (exact) mass is 441 g/mol. The molecule has 4 heterocycles. The van der Waals surface area contributed by atoms with Crippen LogP contribution in [0.2, 0.25) is 0 Å². The van der Waals surface area contributed by atoms with Crippen LogP contribution < -0.4 is 10.3 Å². The van der Waals surface area contributed by atoms with Gasteiger partial charge in [0.15, 0.2) is 17.2 Å². The molecule has 9 nitrogen and oxygen atoms in total. The third kappa shape index (κ3) is 4.58. The molecule has 1 saturated heterocycles. The molecule has 1 aliphatic rings. The summed E-state index contributed by atoms with van der Waals surface area (Å²) >= 11 is 0. The van der Waals surface area contributed by atoms with Gasteiger partial charge in [0, 0.05) is 48.7 Å². The molecule has 4 aromatic rings. The average Bonchev–Trinajstić information content (AvgIpc) is 3.29. The third-order valence-corrected chi connectivity index (χ3v) is 5.41. The minimum absolute atomic E-state index is 0.0196. The second-order valence-electron chi connectivity index (χ2n) is 7.69. The second kappa shape index (κ2) is 9.17. The number of fused-ring (bicyclic) bond motifs is 1. The number of anilines is 2. The average molecular weight is 441 g/mol. The maximum atomic E-state index is 11.6. The van der Waals surface area contributed by atoms with E-state index in [0.717, 1.165) is 35.7 Å². The number of nitrogens with one attached hydrogen (secondary N) is 1. The smallest absolute Gasteiger partial charge is 0.160 e. The summed E-state index contributed by atoms with van der Waals surface area (Å²) in [4.78, 5) is 22.6. The number of carbonyl (C=O) groups excluding carboxylic acids is 1. The number of Topliss-reactive ketones (excluding diaryl/α,β-unsaturated/α-hetero) is 1. The van der Waals surface area contributed by atoms with Gasteiger partial charge in [0.05, 0.1) is 25.1 Å². The summed E-state index contributed by atoms with van der Waals surface area (Å²) < 4.78 is 7.37. The number of morpholine rings is 1. The first-order chi connectivity index (χ1) is 16.2. The van der Waals surface area contributed by atoms with Gasteiger partial charge in [-0.1, -0.05) is 18.2 Å². The molecule has 0 amide bonds. The molecule has 0 spiro atoms. The molecule has 0 atom stereocenters. The summed E-state index contributed by atoms with van der Waals surface area (Å²) in [6.45, 7) is 4.41. The van der Waals surface area contributed by atoms with Crippen LogP contribution in [0.5, 0.6) is 0 Å². The van der Waals surface area contributed by atoms with Crippen molar-refractivity contribution in [1.82, 2.24) is 19.6 Å². The maximum absolute atomic E-state index is 11.6. The summed E-state index contributed by atoms with van der Waals surface area (Å²) in [5.41, 5.74) is 7.01. The van der Waals surface area contributed by atoms with E-state index in [2.05, 4.69) is 20.4 Å². The first-order valence-electron chi connectivity index (χ1n) is 10.7. The van der Waals surface area contributed by atoms with Crippen molar-refractivity contribution in [1.29, 1.82) is 0 Å². The van der Waals surface area contributed by atoms with E-state index in [0.29, 0.717) is 30.2 Å². The fraction of sp³-hybridized carbons (Fsp3) is 0.208. The molecule has 0 saturated carbocycles. The lowest BCUT2D eigenvalue weighted by atomic mass is 10.1. The number of ketones is 1. The summed E-state index contributed by atoms with van der Waals surface area (Å²) in [5, 5.41) is 9.14. The minimum atomic E-state index is 0.0196. The molecule has 5 rings (SSSR count). The maximum Gasteiger partial charge on any atom is 0.160 e. The van der Waals surface area contributed by atoms with Crippen LogP contribution >= 0.6 is 0 Å². The Hall–Kier alpha value is -4.11. The number of hydrogen-bond acceptors (Lipinski definition) is 8. The predicted molar refractivity (Wildman–Crippen MR) is 127 cm³/mol. The van der Waals surface area contributed by atoms with Crippen LogP contribution in [0.3, 0.4) is 0 Å². The van der Waals surface area contributed by atoms with E-state index in [1.807, 2.05) is 40.9 Å². The first-order valence-corrected chi connectivity index (χ1v) is 10.7. The Bertz CT molecular complexity index is 1310. The summed E-state index contributed by atoms with van der Waals surface area (Å²) in [5.74, 6) is 1.54. The van der Waals surface area contributed by atoms with Crippen LogP contribution in [0.15, 0.2) is 66.0 Å². The number of ether oxygens (including phenoxy) is 1. The Morgan fingerprint density at radius 1 is 1.12 bits per heavy atom. The van der Waals surface area contributed by atoms with E-state index in [1.54, 1.807) is 37.7 Å². The van der Waals surface area contributed by atoms with Gasteiger partial charge >= 0.3 is 0 Å². The van der Waals surface area contributed by atoms with Crippen molar-refractivity contribution in [3.63, 3.8) is 0 Å². The van der Waals surface area contributed by atoms with Crippen molar-refractivity contribution >= 4 is 29.3 Å². The van der Waals surface area contributed by atoms with Crippen LogP contribution in [0.4, 0.5) is 11.6 Å². The van der Waals surface area contributed by atoms with Crippen molar-refractivity contribution < 1.29 is 9.53 Å². The van der Waals surface area contributed by atoms with Crippen molar-refractivity contribution in [2.45, 2.75) is 6.92 Å². The zero-order chi connectivity index (χ0) is 22.6. The van der Waals surface area contributed by atoms with E-state index in [1.165, 1.54) is 0 Å². The molecule has 0 bridgehead atoms. The van der Waals surface area contributed by atoms with Crippen LogP contribution in [0.1, 0.15) is 22.8 Å². The van der Waals surface area contributed by atoms with Gasteiger partial charge in [-0.25, -0.2) is 4.98 Å². The molecule has 1 aromatic carbocycles. The van der Waals surface area contributed by atoms with Gasteiger partial charge in [-0.3, -0.25) is 15.2 Å². The molecule has 0 radical (unpaired) electrons. The zero-order valence-corrected chi connectivity index (χ0v) is 18.2. The number of pyridine rings is 1. The Labute approximate surface area is 190 Å². The van der Waals surface area contributed by atoms with E-state index >= 15 is 0 Å². The number of nitrogens with zero attached hydrogens (tertiary/aromatic N) is 6.